The summed E-state index contributed by atoms with van der Waals surface area (Å²) in [6.45, 7) is 6.39. The number of carbonyl (C=O) groups is 2. The van der Waals surface area contributed by atoms with Gasteiger partial charge >= 0.3 is 0 Å². The van der Waals surface area contributed by atoms with E-state index in [9.17, 15) is 18.0 Å². The van der Waals surface area contributed by atoms with E-state index in [2.05, 4.69) is 5.32 Å². The third kappa shape index (κ3) is 9.82. The van der Waals surface area contributed by atoms with Gasteiger partial charge in [-0.15, -0.1) is 0 Å². The van der Waals surface area contributed by atoms with Crippen molar-refractivity contribution in [2.75, 3.05) is 10.8 Å². The highest BCUT2D eigenvalue weighted by Gasteiger charge is 2.36. The van der Waals surface area contributed by atoms with Crippen molar-refractivity contribution in [1.82, 2.24) is 10.2 Å². The second kappa shape index (κ2) is 16.0. The number of rotatable bonds is 13. The van der Waals surface area contributed by atoms with Crippen LogP contribution in [0.25, 0.3) is 0 Å². The first-order valence-electron chi connectivity index (χ1n) is 16.6. The number of nitrogens with one attached hydrogen (secondary N) is 1. The largest absolute Gasteiger partial charge is 0.457 e. The summed E-state index contributed by atoms with van der Waals surface area (Å²) in [7, 11) is -4.32. The minimum atomic E-state index is -4.32. The number of carbonyl (C=O) groups excluding carboxylic acids is 2. The molecule has 0 aromatic heterocycles. The van der Waals surface area contributed by atoms with Crippen molar-refractivity contribution in [2.24, 2.45) is 0 Å². The molecule has 0 aliphatic rings. The van der Waals surface area contributed by atoms with Crippen LogP contribution in [0.15, 0.2) is 138 Å². The van der Waals surface area contributed by atoms with Crippen molar-refractivity contribution in [3.8, 4) is 11.5 Å². The lowest BCUT2D eigenvalue weighted by atomic mass is 10.0. The summed E-state index contributed by atoms with van der Waals surface area (Å²) in [5, 5.41) is 2.98. The molecule has 10 heteroatoms. The molecule has 0 aliphatic carbocycles. The standard InChI is InChI=1S/C41H42FN3O5S/c1-30-19-25-36(26-20-30)51(48,49)45(33-21-23-35(24-22-33)50-34-16-9-6-10-17-34)29-39(46)44(28-32-15-11-12-18-37(32)42)38(40(47)43-41(2,3)4)27-31-13-7-5-8-14-31/h5-26,38H,27-29H2,1-4H3,(H,43,47)/t38-/m0/s1. The van der Waals surface area contributed by atoms with E-state index in [1.807, 2.05) is 76.2 Å². The molecule has 1 N–H and O–H groups in total. The number of anilines is 1. The van der Waals surface area contributed by atoms with Crippen LogP contribution in [0.1, 0.15) is 37.5 Å². The lowest BCUT2D eigenvalue weighted by Gasteiger charge is -2.35. The number of halogens is 1. The molecule has 0 radical (unpaired) electrons. The van der Waals surface area contributed by atoms with Crippen molar-refractivity contribution in [1.29, 1.82) is 0 Å². The molecule has 0 unspecified atom stereocenters. The maximum atomic E-state index is 15.2. The van der Waals surface area contributed by atoms with E-state index in [0.717, 1.165) is 15.4 Å². The van der Waals surface area contributed by atoms with Crippen molar-refractivity contribution >= 4 is 27.5 Å². The van der Waals surface area contributed by atoms with Gasteiger partial charge in [0.05, 0.1) is 10.6 Å². The van der Waals surface area contributed by atoms with Gasteiger partial charge in [0.2, 0.25) is 11.8 Å². The Morgan fingerprint density at radius 1 is 0.765 bits per heavy atom. The molecular formula is C41H42FN3O5S. The molecule has 5 aromatic carbocycles. The zero-order valence-corrected chi connectivity index (χ0v) is 29.9. The zero-order chi connectivity index (χ0) is 36.6. The summed E-state index contributed by atoms with van der Waals surface area (Å²) in [4.78, 5) is 30.0. The summed E-state index contributed by atoms with van der Waals surface area (Å²) >= 11 is 0. The van der Waals surface area contributed by atoms with Crippen molar-refractivity contribution in [3.05, 3.63) is 156 Å². The molecule has 0 bridgehead atoms. The number of para-hydroxylation sites is 1. The molecular weight excluding hydrogens is 666 g/mol. The fraction of sp³-hybridized carbons (Fsp3) is 0.220. The lowest BCUT2D eigenvalue weighted by molar-refractivity contribution is -0.140. The van der Waals surface area contributed by atoms with E-state index >= 15 is 4.39 Å². The topological polar surface area (TPSA) is 96.0 Å². The van der Waals surface area contributed by atoms with E-state index in [-0.39, 0.29) is 29.1 Å². The Morgan fingerprint density at radius 2 is 1.33 bits per heavy atom. The van der Waals surface area contributed by atoms with Gasteiger partial charge in [0.25, 0.3) is 10.0 Å². The number of amides is 2. The zero-order valence-electron chi connectivity index (χ0n) is 29.1. The predicted octanol–water partition coefficient (Wildman–Crippen LogP) is 7.68. The summed E-state index contributed by atoms with van der Waals surface area (Å²) in [5.74, 6) is -0.628. The Bertz CT molecular complexity index is 2030. The van der Waals surface area contributed by atoms with Crippen LogP contribution >= 0.6 is 0 Å². The Labute approximate surface area is 299 Å². The molecule has 0 spiro atoms. The smallest absolute Gasteiger partial charge is 0.264 e. The summed E-state index contributed by atoms with van der Waals surface area (Å²) in [6, 6.07) is 36.0. The molecule has 0 aliphatic heterocycles. The number of hydrogen-bond donors (Lipinski definition) is 1. The van der Waals surface area contributed by atoms with E-state index in [4.69, 9.17) is 4.74 Å². The minimum Gasteiger partial charge on any atom is -0.457 e. The van der Waals surface area contributed by atoms with Crippen molar-refractivity contribution in [3.63, 3.8) is 0 Å². The maximum absolute atomic E-state index is 15.2. The highest BCUT2D eigenvalue weighted by atomic mass is 32.2. The maximum Gasteiger partial charge on any atom is 0.264 e. The minimum absolute atomic E-state index is 0.0162. The van der Waals surface area contributed by atoms with Gasteiger partial charge in [-0.1, -0.05) is 84.4 Å². The first-order chi connectivity index (χ1) is 24.3. The molecule has 0 saturated carbocycles. The van der Waals surface area contributed by atoms with E-state index in [1.54, 1.807) is 66.7 Å². The average Bonchev–Trinajstić information content (AvgIpc) is 3.10. The van der Waals surface area contributed by atoms with Gasteiger partial charge < -0.3 is 15.0 Å². The number of aryl methyl sites for hydroxylation is 1. The molecule has 1 atom stereocenters. The van der Waals surface area contributed by atoms with Crippen LogP contribution in [-0.4, -0.2) is 43.3 Å². The Balaban J connectivity index is 1.57. The van der Waals surface area contributed by atoms with Crippen LogP contribution in [0, 0.1) is 12.7 Å². The van der Waals surface area contributed by atoms with E-state index in [1.165, 1.54) is 23.1 Å². The molecule has 5 rings (SSSR count). The van der Waals surface area contributed by atoms with Gasteiger partial charge in [0.15, 0.2) is 0 Å². The van der Waals surface area contributed by atoms with Gasteiger partial charge in [-0.3, -0.25) is 13.9 Å². The second-order valence-corrected chi connectivity index (χ2v) is 15.2. The van der Waals surface area contributed by atoms with Gasteiger partial charge in [-0.25, -0.2) is 12.8 Å². The highest BCUT2D eigenvalue weighted by molar-refractivity contribution is 7.92. The Hall–Kier alpha value is -5.48. The third-order valence-corrected chi connectivity index (χ3v) is 9.85. The van der Waals surface area contributed by atoms with E-state index in [0.29, 0.717) is 11.5 Å². The molecule has 5 aromatic rings. The number of nitrogens with zero attached hydrogens (tertiary/aromatic N) is 2. The van der Waals surface area contributed by atoms with Crippen LogP contribution in [-0.2, 0) is 32.6 Å². The average molecular weight is 708 g/mol. The molecule has 2 amide bonds. The normalized spacial score (nSPS) is 12.1. The van der Waals surface area contributed by atoms with Gasteiger partial charge in [-0.2, -0.15) is 0 Å². The predicted molar refractivity (Wildman–Crippen MR) is 197 cm³/mol. The first kappa shape index (κ1) is 36.8. The van der Waals surface area contributed by atoms with Crippen LogP contribution < -0.4 is 14.4 Å². The van der Waals surface area contributed by atoms with E-state index < -0.39 is 45.8 Å². The Morgan fingerprint density at radius 3 is 1.94 bits per heavy atom. The molecule has 0 saturated heterocycles. The number of ether oxygens (including phenoxy) is 1. The van der Waals surface area contributed by atoms with Gasteiger partial charge in [0, 0.05) is 24.1 Å². The summed E-state index contributed by atoms with van der Waals surface area (Å²) in [6.07, 6.45) is 0.110. The third-order valence-electron chi connectivity index (χ3n) is 8.06. The van der Waals surface area contributed by atoms with Crippen molar-refractivity contribution < 1.29 is 27.1 Å². The molecule has 8 nitrogen and oxygen atoms in total. The molecule has 51 heavy (non-hydrogen) atoms. The van der Waals surface area contributed by atoms with Gasteiger partial charge in [0.1, 0.15) is 29.9 Å². The van der Waals surface area contributed by atoms with Crippen LogP contribution in [0.5, 0.6) is 11.5 Å². The number of hydrogen-bond acceptors (Lipinski definition) is 5. The quantitative estimate of drug-likeness (QED) is 0.136. The SMILES string of the molecule is Cc1ccc(S(=O)(=O)N(CC(=O)N(Cc2ccccc2F)[C@@H](Cc2ccccc2)C(=O)NC(C)(C)C)c2ccc(Oc3ccccc3)cc2)cc1. The van der Waals surface area contributed by atoms with Gasteiger partial charge in [-0.05, 0) is 87.9 Å². The first-order valence-corrected chi connectivity index (χ1v) is 18.1. The van der Waals surface area contributed by atoms with Crippen LogP contribution in [0.3, 0.4) is 0 Å². The highest BCUT2D eigenvalue weighted by Crippen LogP contribution is 2.29. The number of benzene rings is 5. The Kier molecular flexibility index (Phi) is 11.6. The van der Waals surface area contributed by atoms with Crippen molar-refractivity contribution in [2.45, 2.75) is 57.1 Å². The van der Waals surface area contributed by atoms with Crippen LogP contribution in [0.4, 0.5) is 10.1 Å². The fourth-order valence-corrected chi connectivity index (χ4v) is 6.90. The second-order valence-electron chi connectivity index (χ2n) is 13.3. The monoisotopic (exact) mass is 707 g/mol. The molecule has 0 heterocycles. The molecule has 0 fully saturated rings. The number of sulfonamides is 1. The fourth-order valence-electron chi connectivity index (χ4n) is 5.49. The summed E-state index contributed by atoms with van der Waals surface area (Å²) in [5.41, 5.74) is 1.37. The van der Waals surface area contributed by atoms with Crippen LogP contribution in [0.2, 0.25) is 0 Å². The lowest BCUT2D eigenvalue weighted by Crippen LogP contribution is -2.56. The summed E-state index contributed by atoms with van der Waals surface area (Å²) < 4.78 is 50.8. The molecule has 264 valence electrons.